The van der Waals surface area contributed by atoms with Crippen molar-refractivity contribution in [1.82, 2.24) is 0 Å². The zero-order chi connectivity index (χ0) is 46.5. The van der Waals surface area contributed by atoms with Crippen molar-refractivity contribution in [3.63, 3.8) is 0 Å². The fourth-order valence-electron chi connectivity index (χ4n) is 23.2. The Morgan fingerprint density at radius 3 is 0.617 bits per heavy atom. The minimum atomic E-state index is -2.85. The lowest BCUT2D eigenvalue weighted by Gasteiger charge is -2.73. The van der Waals surface area contributed by atoms with E-state index in [4.69, 9.17) is 0 Å². The van der Waals surface area contributed by atoms with Crippen LogP contribution >= 0.6 is 0 Å². The predicted molar refractivity (Wildman–Crippen MR) is 319 cm³/mol. The molecule has 0 radical (unpaired) electrons. The van der Waals surface area contributed by atoms with E-state index in [0.717, 1.165) is 0 Å². The van der Waals surface area contributed by atoms with Crippen LogP contribution in [0.2, 0.25) is 183 Å². The zero-order valence-corrected chi connectivity index (χ0v) is 60.4. The summed E-state index contributed by atoms with van der Waals surface area (Å²) in [6, 6.07) is 19.3. The molecule has 3 aromatic rings. The summed E-state index contributed by atoms with van der Waals surface area (Å²) in [5.41, 5.74) is 0. The largest absolute Gasteiger partial charge is 0.547 e. The van der Waals surface area contributed by atoms with Crippen LogP contribution in [0.5, 0.6) is 11.5 Å². The van der Waals surface area contributed by atoms with Gasteiger partial charge in [-0.3, -0.25) is 0 Å². The van der Waals surface area contributed by atoms with E-state index in [2.05, 4.69) is 232 Å². The molecule has 336 valence electrons. The van der Waals surface area contributed by atoms with Crippen LogP contribution in [0, 0.1) is 0 Å². The van der Waals surface area contributed by atoms with Gasteiger partial charge in [-0.05, 0) is 10.8 Å². The Morgan fingerprint density at radius 1 is 0.283 bits per heavy atom. The lowest BCUT2D eigenvalue weighted by Crippen LogP contribution is -3.08. The van der Waals surface area contributed by atoms with Crippen LogP contribution in [-0.4, -0.2) is 113 Å². The fraction of sp³-hybridized carbons (Fsp3) is 0.667. The van der Waals surface area contributed by atoms with Crippen molar-refractivity contribution < 1.29 is 8.85 Å². The highest BCUT2D eigenvalue weighted by Crippen LogP contribution is 2.77. The summed E-state index contributed by atoms with van der Waals surface area (Å²) in [6.07, 6.45) is -9.23. The molecule has 0 aromatic heterocycles. The molecule has 0 N–H and O–H groups in total. The Labute approximate surface area is 383 Å². The SMILES string of the molecule is C[Si](C)(C)[Si]1([Si](C)(C)C)[Si](C)(C)[Si]([Si](C)(C)C)([Si](C)(C)C)[Si]23Oc4c(c5ccccc5c5ccccc45)O[Si]21[Si]([Si](C)(C)C)([Si](C)(C)C)[Si](C)(C)[Si]3([Si](C)(C)C)[Si](C)(C)C. The first-order valence-electron chi connectivity index (χ1n) is 23.7. The lowest BCUT2D eigenvalue weighted by atomic mass is 10.0. The molecule has 6 rings (SSSR count). The summed E-state index contributed by atoms with van der Waals surface area (Å²) in [4.78, 5) is 0. The van der Waals surface area contributed by atoms with Crippen LogP contribution in [0.15, 0.2) is 48.5 Å². The first-order valence-corrected chi connectivity index (χ1v) is 86.5. The maximum atomic E-state index is 10.0. The molecule has 3 heterocycles. The van der Waals surface area contributed by atoms with Crippen molar-refractivity contribution in [3.8, 4) is 11.5 Å². The van der Waals surface area contributed by atoms with Gasteiger partial charge in [0.25, 0.3) is 0 Å². The zero-order valence-electron chi connectivity index (χ0n) is 44.4. The van der Waals surface area contributed by atoms with Gasteiger partial charge in [-0.2, -0.15) is 0 Å². The van der Waals surface area contributed by atoms with Gasteiger partial charge in [0.05, 0.1) is 24.6 Å². The lowest BCUT2D eigenvalue weighted by molar-refractivity contribution is 0.495. The highest BCUT2D eigenvalue weighted by Gasteiger charge is 3.13. The van der Waals surface area contributed by atoms with Gasteiger partial charge in [0, 0.05) is 85.7 Å². The normalized spacial score (nSPS) is 27.2. The smallest absolute Gasteiger partial charge is 0.229 e. The third kappa shape index (κ3) is 4.91. The molecule has 0 spiro atoms. The molecule has 2 saturated heterocycles. The van der Waals surface area contributed by atoms with Gasteiger partial charge in [0.1, 0.15) is 0 Å². The number of fused-ring (bicyclic) bond motifs is 6. The topological polar surface area (TPSA) is 18.5 Å². The Kier molecular flexibility index (Phi) is 11.4. The van der Waals surface area contributed by atoms with Gasteiger partial charge in [-0.1, -0.05) is 232 Å². The molecule has 18 heteroatoms. The summed E-state index contributed by atoms with van der Waals surface area (Å²) >= 11 is 0. The summed E-state index contributed by atoms with van der Waals surface area (Å²) in [7, 11) is -19.8. The molecule has 3 aromatic carbocycles. The van der Waals surface area contributed by atoms with E-state index in [-0.39, 0.29) is 0 Å². The number of hydrogen-bond acceptors (Lipinski definition) is 2. The van der Waals surface area contributed by atoms with E-state index < -0.39 is 113 Å². The van der Waals surface area contributed by atoms with E-state index in [1.54, 1.807) is 0 Å². The van der Waals surface area contributed by atoms with Gasteiger partial charge in [-0.25, -0.2) is 0 Å². The highest BCUT2D eigenvalue weighted by atomic mass is 30.8. The molecule has 0 atom stereocenters. The van der Waals surface area contributed by atoms with Gasteiger partial charge < -0.3 is 8.85 Å². The number of rotatable bonds is 8. The molecule has 0 amide bonds. The molecule has 2 fully saturated rings. The monoisotopic (exact) mass is 1080 g/mol. The van der Waals surface area contributed by atoms with Crippen LogP contribution in [0.4, 0.5) is 0 Å². The van der Waals surface area contributed by atoms with Gasteiger partial charge in [-0.15, -0.1) is 0 Å². The van der Waals surface area contributed by atoms with Gasteiger partial charge in [0.2, 0.25) is 13.7 Å². The number of hydrogen-bond donors (Lipinski definition) is 0. The molecular weight excluding hydrogens is 986 g/mol. The Balaban J connectivity index is 2.32. The van der Waals surface area contributed by atoms with Gasteiger partial charge in [0.15, 0.2) is 11.5 Å². The fourth-order valence-corrected chi connectivity index (χ4v) is 1340. The van der Waals surface area contributed by atoms with E-state index >= 15 is 0 Å². The van der Waals surface area contributed by atoms with Crippen molar-refractivity contribution in [3.05, 3.63) is 48.5 Å². The Hall–Kier alpha value is 1.25. The minimum Gasteiger partial charge on any atom is -0.547 e. The molecule has 2 nitrogen and oxygen atoms in total. The van der Waals surface area contributed by atoms with Gasteiger partial charge >= 0.3 is 0 Å². The quantitative estimate of drug-likeness (QED) is 0.165. The van der Waals surface area contributed by atoms with Crippen LogP contribution in [0.1, 0.15) is 0 Å². The third-order valence-corrected chi connectivity index (χ3v) is 555. The van der Waals surface area contributed by atoms with Crippen molar-refractivity contribution in [2.75, 3.05) is 0 Å². The second-order valence-corrected chi connectivity index (χ2v) is 229. The Morgan fingerprint density at radius 2 is 0.450 bits per heavy atom. The average molecular weight is 1080 g/mol. The predicted octanol–water partition coefficient (Wildman–Crippen LogP) is 13.9. The highest BCUT2D eigenvalue weighted by molar-refractivity contribution is 8.61. The summed E-state index contributed by atoms with van der Waals surface area (Å²) < 4.78 is 20.1. The molecule has 60 heavy (non-hydrogen) atoms. The number of benzene rings is 3. The van der Waals surface area contributed by atoms with Crippen molar-refractivity contribution >= 4 is 135 Å². The minimum absolute atomic E-state index is 1.34. The van der Waals surface area contributed by atoms with Crippen LogP contribution in [0.3, 0.4) is 0 Å². The first-order chi connectivity index (χ1) is 26.4. The molecule has 3 aliphatic heterocycles. The van der Waals surface area contributed by atoms with Crippen molar-refractivity contribution in [2.24, 2.45) is 0 Å². The van der Waals surface area contributed by atoms with Crippen LogP contribution in [0.25, 0.3) is 21.5 Å². The maximum absolute atomic E-state index is 10.0. The molecule has 0 saturated carbocycles. The Bertz CT molecular complexity index is 1950. The molecule has 0 unspecified atom stereocenters. The van der Waals surface area contributed by atoms with E-state index in [1.165, 1.54) is 33.0 Å². The molecular formula is C42H92O2Si16. The summed E-state index contributed by atoms with van der Waals surface area (Å²) in [5.74, 6) is 2.67. The third-order valence-electron chi connectivity index (χ3n) is 18.7. The summed E-state index contributed by atoms with van der Waals surface area (Å²) in [5, 5.41) is 5.66. The average Bonchev–Trinajstić information content (AvgIpc) is 3.23. The molecule has 0 bridgehead atoms. The van der Waals surface area contributed by atoms with Crippen LogP contribution in [-0.2, 0) is 0 Å². The standard InChI is InChI=1S/C42H92O2Si16/c1-45(2,3)57(46(4,5)6)53(25,26)58(47(7,8)9,48(10,11)12)56-44-42-40-36-32-30-34-38(40)37-33-29-31-35-39(37)41(42)43-55(56,57)59(49(13,14)15,50(16,17)18)54(27,28)60(56,51(19,20)21)52(22,23)24/h29-36H,1-28H3. The molecule has 0 aliphatic carbocycles. The second-order valence-electron chi connectivity index (χ2n) is 29.6. The second kappa shape index (κ2) is 13.5. The van der Waals surface area contributed by atoms with E-state index in [9.17, 15) is 8.85 Å². The molecule has 3 aliphatic rings. The first kappa shape index (κ1) is 50.7. The van der Waals surface area contributed by atoms with Crippen molar-refractivity contribution in [1.29, 1.82) is 0 Å². The summed E-state index contributed by atoms with van der Waals surface area (Å²) in [6.45, 7) is 81.5. The van der Waals surface area contributed by atoms with Crippen molar-refractivity contribution in [2.45, 2.75) is 183 Å². The van der Waals surface area contributed by atoms with E-state index in [1.807, 2.05) is 0 Å². The van der Waals surface area contributed by atoms with Crippen LogP contribution < -0.4 is 8.85 Å². The van der Waals surface area contributed by atoms with E-state index in [0.29, 0.717) is 0 Å². The maximum Gasteiger partial charge on any atom is 0.229 e.